The van der Waals surface area contributed by atoms with Gasteiger partial charge < -0.3 is 14.2 Å². The van der Waals surface area contributed by atoms with Gasteiger partial charge in [-0.15, -0.1) is 0 Å². The molecule has 3 aromatic carbocycles. The Labute approximate surface area is 246 Å². The summed E-state index contributed by atoms with van der Waals surface area (Å²) in [6.07, 6.45) is 14.8. The molecule has 0 amide bonds. The molecule has 0 bridgehead atoms. The van der Waals surface area contributed by atoms with Crippen molar-refractivity contribution >= 4 is 22.7 Å². The van der Waals surface area contributed by atoms with E-state index in [1.807, 2.05) is 49.4 Å². The molecule has 0 N–H and O–H groups in total. The van der Waals surface area contributed by atoms with Crippen LogP contribution in [0.1, 0.15) is 120 Å². The Morgan fingerprint density at radius 1 is 0.634 bits per heavy atom. The maximum absolute atomic E-state index is 12.7. The first-order chi connectivity index (χ1) is 20.0. The van der Waals surface area contributed by atoms with Crippen LogP contribution in [0.4, 0.5) is 0 Å². The molecule has 0 heterocycles. The average molecular weight is 561 g/mol. The highest BCUT2D eigenvalue weighted by Crippen LogP contribution is 2.27. The van der Waals surface area contributed by atoms with Gasteiger partial charge in [-0.05, 0) is 72.5 Å². The van der Waals surface area contributed by atoms with Gasteiger partial charge in [0.25, 0.3) is 0 Å². The van der Waals surface area contributed by atoms with Crippen molar-refractivity contribution in [3.05, 3.63) is 71.8 Å². The van der Waals surface area contributed by atoms with E-state index in [4.69, 9.17) is 14.2 Å². The highest BCUT2D eigenvalue weighted by Gasteiger charge is 2.17. The molecule has 0 fully saturated rings. The fourth-order valence-corrected chi connectivity index (χ4v) is 4.79. The normalized spacial score (nSPS) is 11.8. The number of benzene rings is 3. The molecule has 0 aliphatic carbocycles. The zero-order valence-corrected chi connectivity index (χ0v) is 25.3. The second-order valence-electron chi connectivity index (χ2n) is 11.0. The third-order valence-corrected chi connectivity index (χ3v) is 7.50. The maximum atomic E-state index is 12.7. The molecule has 222 valence electrons. The molecule has 3 rings (SSSR count). The predicted molar refractivity (Wildman–Crippen MR) is 167 cm³/mol. The van der Waals surface area contributed by atoms with Crippen molar-refractivity contribution in [2.75, 3.05) is 13.2 Å². The van der Waals surface area contributed by atoms with E-state index in [9.17, 15) is 9.59 Å². The molecule has 41 heavy (non-hydrogen) atoms. The SMILES string of the molecule is CCCCCCCCCCCCOc1ccc(C(=O)Oc2ccc3cc([C@H](C)C(=O)OCCCC)ccc3c2)cc1. The molecule has 3 aromatic rings. The van der Waals surface area contributed by atoms with E-state index in [0.717, 1.165) is 41.3 Å². The number of fused-ring (bicyclic) bond motifs is 1. The van der Waals surface area contributed by atoms with E-state index in [1.165, 1.54) is 57.8 Å². The van der Waals surface area contributed by atoms with Crippen LogP contribution in [0.3, 0.4) is 0 Å². The van der Waals surface area contributed by atoms with Crippen LogP contribution in [0.25, 0.3) is 10.8 Å². The third kappa shape index (κ3) is 11.2. The summed E-state index contributed by atoms with van der Waals surface area (Å²) in [4.78, 5) is 25.1. The monoisotopic (exact) mass is 560 g/mol. The Morgan fingerprint density at radius 3 is 1.90 bits per heavy atom. The number of carbonyl (C=O) groups is 2. The van der Waals surface area contributed by atoms with Crippen LogP contribution in [-0.2, 0) is 9.53 Å². The van der Waals surface area contributed by atoms with Crippen molar-refractivity contribution in [2.45, 2.75) is 104 Å². The Balaban J connectivity index is 1.41. The summed E-state index contributed by atoms with van der Waals surface area (Å²) in [5.74, 6) is 0.283. The van der Waals surface area contributed by atoms with Gasteiger partial charge in [-0.3, -0.25) is 4.79 Å². The van der Waals surface area contributed by atoms with Crippen molar-refractivity contribution < 1.29 is 23.8 Å². The van der Waals surface area contributed by atoms with E-state index >= 15 is 0 Å². The van der Waals surface area contributed by atoms with E-state index in [0.29, 0.717) is 24.5 Å². The molecule has 1 atom stereocenters. The van der Waals surface area contributed by atoms with Gasteiger partial charge in [0, 0.05) is 0 Å². The molecule has 5 nitrogen and oxygen atoms in total. The summed E-state index contributed by atoms with van der Waals surface area (Å²) in [6.45, 7) is 7.33. The van der Waals surface area contributed by atoms with Crippen LogP contribution in [0.5, 0.6) is 11.5 Å². The zero-order chi connectivity index (χ0) is 29.3. The minimum atomic E-state index is -0.411. The standard InChI is InChI=1S/C36H48O5/c1-4-6-8-9-10-11-12-13-14-15-25-39-33-21-18-29(19-22-33)36(38)41-34-23-20-31-26-30(16-17-32(31)27-34)28(3)35(37)40-24-7-5-2/h16-23,26-28H,4-15,24-25H2,1-3H3/t28-/m0/s1. The first-order valence-corrected chi connectivity index (χ1v) is 15.7. The summed E-state index contributed by atoms with van der Waals surface area (Å²) in [6, 6.07) is 18.5. The Bertz CT molecular complexity index is 1200. The second-order valence-corrected chi connectivity index (χ2v) is 11.0. The van der Waals surface area contributed by atoms with Crippen molar-refractivity contribution in [1.29, 1.82) is 0 Å². The number of rotatable bonds is 19. The summed E-state index contributed by atoms with van der Waals surface area (Å²) in [5, 5.41) is 1.90. The fraction of sp³-hybridized carbons (Fsp3) is 0.500. The number of hydrogen-bond acceptors (Lipinski definition) is 5. The van der Waals surface area contributed by atoms with Crippen molar-refractivity contribution in [3.8, 4) is 11.5 Å². The van der Waals surface area contributed by atoms with Gasteiger partial charge in [0.2, 0.25) is 0 Å². The average Bonchev–Trinajstić information content (AvgIpc) is 2.99. The molecule has 0 spiro atoms. The number of ether oxygens (including phenoxy) is 3. The van der Waals surface area contributed by atoms with Crippen LogP contribution in [0, 0.1) is 0 Å². The van der Waals surface area contributed by atoms with E-state index in [-0.39, 0.29) is 11.9 Å². The number of carbonyl (C=O) groups excluding carboxylic acids is 2. The smallest absolute Gasteiger partial charge is 0.343 e. The summed E-state index contributed by atoms with van der Waals surface area (Å²) < 4.78 is 16.9. The van der Waals surface area contributed by atoms with Crippen LogP contribution in [0.2, 0.25) is 0 Å². The zero-order valence-electron chi connectivity index (χ0n) is 25.3. The van der Waals surface area contributed by atoms with Gasteiger partial charge in [-0.25, -0.2) is 4.79 Å². The molecule has 0 saturated carbocycles. The number of hydrogen-bond donors (Lipinski definition) is 0. The molecular weight excluding hydrogens is 512 g/mol. The quantitative estimate of drug-likeness (QED) is 0.0829. The molecule has 0 radical (unpaired) electrons. The lowest BCUT2D eigenvalue weighted by Gasteiger charge is -2.13. The Kier molecular flexibility index (Phi) is 14.3. The van der Waals surface area contributed by atoms with Crippen molar-refractivity contribution in [2.24, 2.45) is 0 Å². The molecule has 0 aliphatic rings. The lowest BCUT2D eigenvalue weighted by molar-refractivity contribution is -0.145. The lowest BCUT2D eigenvalue weighted by Crippen LogP contribution is -2.13. The summed E-state index contributed by atoms with van der Waals surface area (Å²) in [7, 11) is 0. The minimum absolute atomic E-state index is 0.210. The topological polar surface area (TPSA) is 61.8 Å². The van der Waals surface area contributed by atoms with E-state index in [2.05, 4.69) is 13.8 Å². The largest absolute Gasteiger partial charge is 0.494 e. The van der Waals surface area contributed by atoms with Crippen molar-refractivity contribution in [1.82, 2.24) is 0 Å². The summed E-state index contributed by atoms with van der Waals surface area (Å²) >= 11 is 0. The molecule has 0 unspecified atom stereocenters. The highest BCUT2D eigenvalue weighted by atomic mass is 16.5. The van der Waals surface area contributed by atoms with E-state index < -0.39 is 5.97 Å². The van der Waals surface area contributed by atoms with Gasteiger partial charge in [0.05, 0.1) is 24.7 Å². The van der Waals surface area contributed by atoms with Crippen LogP contribution in [0.15, 0.2) is 60.7 Å². The van der Waals surface area contributed by atoms with Crippen molar-refractivity contribution in [3.63, 3.8) is 0 Å². The Hall–Kier alpha value is -3.34. The number of unbranched alkanes of at least 4 members (excludes halogenated alkanes) is 10. The van der Waals surface area contributed by atoms with Gasteiger partial charge in [-0.2, -0.15) is 0 Å². The van der Waals surface area contributed by atoms with Crippen LogP contribution in [-0.4, -0.2) is 25.2 Å². The first kappa shape index (κ1) is 32.2. The molecule has 0 aliphatic heterocycles. The maximum Gasteiger partial charge on any atom is 0.343 e. The first-order valence-electron chi connectivity index (χ1n) is 15.7. The lowest BCUT2D eigenvalue weighted by atomic mass is 9.98. The minimum Gasteiger partial charge on any atom is -0.494 e. The number of esters is 2. The molecule has 0 saturated heterocycles. The molecule has 0 aromatic heterocycles. The predicted octanol–water partition coefficient (Wildman–Crippen LogP) is 9.81. The van der Waals surface area contributed by atoms with Gasteiger partial charge in [-0.1, -0.05) is 102 Å². The molecule has 5 heteroatoms. The van der Waals surface area contributed by atoms with Gasteiger partial charge in [0.15, 0.2) is 0 Å². The highest BCUT2D eigenvalue weighted by molar-refractivity contribution is 5.92. The third-order valence-electron chi connectivity index (χ3n) is 7.50. The van der Waals surface area contributed by atoms with E-state index in [1.54, 1.807) is 18.2 Å². The van der Waals surface area contributed by atoms with Gasteiger partial charge >= 0.3 is 11.9 Å². The second kappa shape index (κ2) is 18.2. The summed E-state index contributed by atoms with van der Waals surface area (Å²) in [5.41, 5.74) is 1.38. The van der Waals surface area contributed by atoms with Gasteiger partial charge in [0.1, 0.15) is 11.5 Å². The fourth-order valence-electron chi connectivity index (χ4n) is 4.79. The van der Waals surface area contributed by atoms with Crippen LogP contribution < -0.4 is 9.47 Å². The molecular formula is C36H48O5. The Morgan fingerprint density at radius 2 is 1.22 bits per heavy atom. The van der Waals surface area contributed by atoms with Crippen LogP contribution >= 0.6 is 0 Å².